The molecule has 1 spiro atoms. The third-order valence-electron chi connectivity index (χ3n) is 5.40. The fraction of sp³-hybridized carbons (Fsp3) is 1.00. The van der Waals surface area contributed by atoms with Gasteiger partial charge in [-0.1, -0.05) is 25.7 Å². The summed E-state index contributed by atoms with van der Waals surface area (Å²) in [6, 6.07) is 0.845. The molecule has 0 amide bonds. The lowest BCUT2D eigenvalue weighted by Gasteiger charge is -2.24. The molecule has 1 N–H and O–H groups in total. The minimum absolute atomic E-state index is 0.757. The predicted octanol–water partition coefficient (Wildman–Crippen LogP) is 2.78. The molecule has 3 aliphatic rings. The highest BCUT2D eigenvalue weighted by atomic mass is 15.2. The van der Waals surface area contributed by atoms with E-state index in [-0.39, 0.29) is 0 Å². The Labute approximate surface area is 106 Å². The van der Waals surface area contributed by atoms with E-state index in [4.69, 9.17) is 0 Å². The van der Waals surface area contributed by atoms with Gasteiger partial charge in [-0.05, 0) is 44.1 Å². The van der Waals surface area contributed by atoms with Gasteiger partial charge in [0.1, 0.15) is 0 Å². The van der Waals surface area contributed by atoms with Crippen LogP contribution in [0, 0.1) is 5.41 Å². The number of nitrogens with one attached hydrogen (secondary N) is 1. The summed E-state index contributed by atoms with van der Waals surface area (Å²) in [7, 11) is 0. The Bertz CT molecular complexity index is 239. The molecule has 2 saturated carbocycles. The second kappa shape index (κ2) is 5.27. The van der Waals surface area contributed by atoms with Crippen LogP contribution in [0.2, 0.25) is 0 Å². The summed E-state index contributed by atoms with van der Waals surface area (Å²) >= 11 is 0. The summed E-state index contributed by atoms with van der Waals surface area (Å²) in [5, 5.41) is 3.75. The lowest BCUT2D eigenvalue weighted by Crippen LogP contribution is -2.36. The molecule has 3 rings (SSSR count). The third-order valence-corrected chi connectivity index (χ3v) is 5.40. The van der Waals surface area contributed by atoms with Crippen molar-refractivity contribution < 1.29 is 0 Å². The molecular weight excluding hydrogens is 208 g/mol. The van der Waals surface area contributed by atoms with Gasteiger partial charge in [0, 0.05) is 25.7 Å². The maximum atomic E-state index is 3.75. The second-order valence-electron chi connectivity index (χ2n) is 6.67. The summed E-state index contributed by atoms with van der Waals surface area (Å²) < 4.78 is 0. The van der Waals surface area contributed by atoms with Crippen LogP contribution in [0.25, 0.3) is 0 Å². The molecule has 2 aliphatic carbocycles. The second-order valence-corrected chi connectivity index (χ2v) is 6.67. The van der Waals surface area contributed by atoms with Gasteiger partial charge in [0.2, 0.25) is 0 Å². The fourth-order valence-corrected chi connectivity index (χ4v) is 4.31. The lowest BCUT2D eigenvalue weighted by atomic mass is 9.86. The maximum Gasteiger partial charge on any atom is 0.0107 e. The van der Waals surface area contributed by atoms with Gasteiger partial charge < -0.3 is 10.2 Å². The standard InChI is InChI=1S/C15H28N2/c1-2-6-14(5-1)16-10-12-17-11-9-15(13-17)7-3-4-8-15/h14,16H,1-13H2. The first kappa shape index (κ1) is 12.0. The van der Waals surface area contributed by atoms with Gasteiger partial charge in [-0.2, -0.15) is 0 Å². The number of likely N-dealkylation sites (tertiary alicyclic amines) is 1. The van der Waals surface area contributed by atoms with Crippen molar-refractivity contribution in [2.75, 3.05) is 26.2 Å². The van der Waals surface area contributed by atoms with Crippen molar-refractivity contribution in [1.82, 2.24) is 10.2 Å². The third kappa shape index (κ3) is 2.85. The molecule has 0 radical (unpaired) electrons. The van der Waals surface area contributed by atoms with Crippen molar-refractivity contribution in [2.24, 2.45) is 5.41 Å². The molecule has 0 unspecified atom stereocenters. The van der Waals surface area contributed by atoms with Crippen LogP contribution in [0.3, 0.4) is 0 Å². The van der Waals surface area contributed by atoms with E-state index in [1.807, 2.05) is 0 Å². The molecule has 0 atom stereocenters. The Morgan fingerprint density at radius 1 is 1.00 bits per heavy atom. The minimum Gasteiger partial charge on any atom is -0.313 e. The van der Waals surface area contributed by atoms with Crippen molar-refractivity contribution in [3.8, 4) is 0 Å². The fourth-order valence-electron chi connectivity index (χ4n) is 4.31. The molecule has 2 nitrogen and oxygen atoms in total. The summed E-state index contributed by atoms with van der Waals surface area (Å²) in [4.78, 5) is 2.72. The summed E-state index contributed by atoms with van der Waals surface area (Å²) in [6.07, 6.45) is 13.2. The highest BCUT2D eigenvalue weighted by Crippen LogP contribution is 2.45. The minimum atomic E-state index is 0.757. The molecule has 1 heterocycles. The molecule has 17 heavy (non-hydrogen) atoms. The first-order chi connectivity index (χ1) is 8.36. The van der Waals surface area contributed by atoms with Crippen molar-refractivity contribution in [3.05, 3.63) is 0 Å². The van der Waals surface area contributed by atoms with Crippen LogP contribution >= 0.6 is 0 Å². The Kier molecular flexibility index (Phi) is 3.72. The number of rotatable bonds is 4. The largest absolute Gasteiger partial charge is 0.313 e. The molecular formula is C15H28N2. The average Bonchev–Trinajstić information content (AvgIpc) is 3.04. The van der Waals surface area contributed by atoms with E-state index in [2.05, 4.69) is 10.2 Å². The van der Waals surface area contributed by atoms with Gasteiger partial charge in [0.25, 0.3) is 0 Å². The van der Waals surface area contributed by atoms with Crippen molar-refractivity contribution in [3.63, 3.8) is 0 Å². The van der Waals surface area contributed by atoms with Gasteiger partial charge in [-0.15, -0.1) is 0 Å². The molecule has 1 saturated heterocycles. The first-order valence-corrected chi connectivity index (χ1v) is 7.82. The van der Waals surface area contributed by atoms with E-state index in [9.17, 15) is 0 Å². The van der Waals surface area contributed by atoms with Gasteiger partial charge in [-0.25, -0.2) is 0 Å². The zero-order valence-corrected chi connectivity index (χ0v) is 11.2. The van der Waals surface area contributed by atoms with Crippen LogP contribution in [0.4, 0.5) is 0 Å². The zero-order valence-electron chi connectivity index (χ0n) is 11.2. The van der Waals surface area contributed by atoms with Crippen LogP contribution in [-0.4, -0.2) is 37.1 Å². The molecule has 0 aromatic heterocycles. The highest BCUT2D eigenvalue weighted by Gasteiger charge is 2.39. The number of hydrogen-bond donors (Lipinski definition) is 1. The van der Waals surface area contributed by atoms with E-state index >= 15 is 0 Å². The Hall–Kier alpha value is -0.0800. The quantitative estimate of drug-likeness (QED) is 0.807. The van der Waals surface area contributed by atoms with Gasteiger partial charge in [0.15, 0.2) is 0 Å². The van der Waals surface area contributed by atoms with Crippen molar-refractivity contribution in [1.29, 1.82) is 0 Å². The van der Waals surface area contributed by atoms with Gasteiger partial charge >= 0.3 is 0 Å². The molecule has 2 heteroatoms. The lowest BCUT2D eigenvalue weighted by molar-refractivity contribution is 0.258. The monoisotopic (exact) mass is 236 g/mol. The smallest absolute Gasteiger partial charge is 0.0107 e. The Morgan fingerprint density at radius 3 is 2.53 bits per heavy atom. The topological polar surface area (TPSA) is 15.3 Å². The van der Waals surface area contributed by atoms with Crippen molar-refractivity contribution in [2.45, 2.75) is 63.8 Å². The van der Waals surface area contributed by atoms with Crippen LogP contribution in [0.1, 0.15) is 57.8 Å². The Balaban J connectivity index is 1.36. The van der Waals surface area contributed by atoms with Crippen LogP contribution in [0.15, 0.2) is 0 Å². The van der Waals surface area contributed by atoms with E-state index < -0.39 is 0 Å². The summed E-state index contributed by atoms with van der Waals surface area (Å²) in [6.45, 7) is 5.28. The van der Waals surface area contributed by atoms with Crippen LogP contribution in [-0.2, 0) is 0 Å². The number of hydrogen-bond acceptors (Lipinski definition) is 2. The highest BCUT2D eigenvalue weighted by molar-refractivity contribution is 4.93. The van der Waals surface area contributed by atoms with E-state index in [0.717, 1.165) is 11.5 Å². The number of nitrogens with zero attached hydrogens (tertiary/aromatic N) is 1. The van der Waals surface area contributed by atoms with Gasteiger partial charge in [-0.3, -0.25) is 0 Å². The molecule has 0 bridgehead atoms. The summed E-state index contributed by atoms with van der Waals surface area (Å²) in [5.41, 5.74) is 0.757. The Morgan fingerprint density at radius 2 is 1.76 bits per heavy atom. The van der Waals surface area contributed by atoms with E-state index in [0.29, 0.717) is 0 Å². The average molecular weight is 236 g/mol. The SMILES string of the molecule is C1CCC(NCCN2CCC3(CCCC3)C2)C1. The maximum absolute atomic E-state index is 3.75. The van der Waals surface area contributed by atoms with Crippen LogP contribution in [0.5, 0.6) is 0 Å². The molecule has 3 fully saturated rings. The van der Waals surface area contributed by atoms with Crippen LogP contribution < -0.4 is 5.32 Å². The predicted molar refractivity (Wildman–Crippen MR) is 72.2 cm³/mol. The first-order valence-electron chi connectivity index (χ1n) is 7.82. The summed E-state index contributed by atoms with van der Waals surface area (Å²) in [5.74, 6) is 0. The molecule has 1 aliphatic heterocycles. The molecule has 0 aromatic carbocycles. The molecule has 0 aromatic rings. The normalized spacial score (nSPS) is 29.6. The van der Waals surface area contributed by atoms with Gasteiger partial charge in [0.05, 0.1) is 0 Å². The van der Waals surface area contributed by atoms with E-state index in [1.54, 1.807) is 0 Å². The van der Waals surface area contributed by atoms with E-state index in [1.165, 1.54) is 84.0 Å². The molecule has 98 valence electrons. The zero-order chi connectivity index (χ0) is 11.6. The van der Waals surface area contributed by atoms with Crippen molar-refractivity contribution >= 4 is 0 Å².